The molecule has 0 spiro atoms. The van der Waals surface area contributed by atoms with E-state index in [9.17, 15) is 19.8 Å². The highest BCUT2D eigenvalue weighted by atomic mass is 32.1. The van der Waals surface area contributed by atoms with Crippen LogP contribution in [0.25, 0.3) is 0 Å². The van der Waals surface area contributed by atoms with Crippen LogP contribution >= 0.6 is 12.2 Å². The predicted octanol–water partition coefficient (Wildman–Crippen LogP) is 3.58. The highest BCUT2D eigenvalue weighted by Gasteiger charge is 2.36. The standard InChI is InChI=1S/C28H50N4O4S/c1-8-29-17-24(35)31(21(29)3)19-27(4,5)15-13-22(33)11-10-12-23(34)14-16-28(6,7)20-32-25(36)18-30(9-2)26(32)37/h22-23,33-34H,3,8-20H2,1-2,4-7H3. The normalized spacial score (nSPS) is 19.0. The zero-order chi connectivity index (χ0) is 28.0. The smallest absolute Gasteiger partial charge is 0.248 e. The second-order valence-corrected chi connectivity index (χ2v) is 12.7. The van der Waals surface area contributed by atoms with Crippen LogP contribution in [-0.2, 0) is 9.59 Å². The lowest BCUT2D eigenvalue weighted by Gasteiger charge is -2.32. The fourth-order valence-corrected chi connectivity index (χ4v) is 5.49. The van der Waals surface area contributed by atoms with E-state index in [1.807, 2.05) is 23.6 Å². The fraction of sp³-hybridized carbons (Fsp3) is 0.821. The van der Waals surface area contributed by atoms with Crippen LogP contribution in [0.1, 0.15) is 86.5 Å². The number of hydrogen-bond donors (Lipinski definition) is 2. The summed E-state index contributed by atoms with van der Waals surface area (Å²) in [4.78, 5) is 32.1. The van der Waals surface area contributed by atoms with Crippen molar-refractivity contribution in [2.75, 3.05) is 39.3 Å². The van der Waals surface area contributed by atoms with Gasteiger partial charge in [0, 0.05) is 26.2 Å². The maximum atomic E-state index is 12.4. The van der Waals surface area contributed by atoms with E-state index in [0.29, 0.717) is 57.0 Å². The molecule has 2 aliphatic heterocycles. The van der Waals surface area contributed by atoms with Gasteiger partial charge in [0.25, 0.3) is 0 Å². The molecule has 9 heteroatoms. The third-order valence-electron chi connectivity index (χ3n) is 7.75. The van der Waals surface area contributed by atoms with E-state index in [0.717, 1.165) is 38.2 Å². The third kappa shape index (κ3) is 9.21. The van der Waals surface area contributed by atoms with Crippen LogP contribution in [0, 0.1) is 10.8 Å². The van der Waals surface area contributed by atoms with E-state index in [4.69, 9.17) is 12.2 Å². The van der Waals surface area contributed by atoms with Gasteiger partial charge in [0.05, 0.1) is 25.3 Å². The van der Waals surface area contributed by atoms with Crippen LogP contribution in [0.3, 0.4) is 0 Å². The zero-order valence-corrected chi connectivity index (χ0v) is 24.8. The van der Waals surface area contributed by atoms with Gasteiger partial charge in [-0.1, -0.05) is 34.3 Å². The summed E-state index contributed by atoms with van der Waals surface area (Å²) in [5.74, 6) is 0.920. The van der Waals surface area contributed by atoms with Crippen molar-refractivity contribution < 1.29 is 19.8 Å². The molecule has 2 unspecified atom stereocenters. The predicted molar refractivity (Wildman–Crippen MR) is 152 cm³/mol. The molecule has 0 bridgehead atoms. The molecule has 0 aromatic carbocycles. The second kappa shape index (κ2) is 13.4. The van der Waals surface area contributed by atoms with Crippen molar-refractivity contribution in [2.45, 2.75) is 98.7 Å². The van der Waals surface area contributed by atoms with Crippen molar-refractivity contribution in [3.63, 3.8) is 0 Å². The monoisotopic (exact) mass is 538 g/mol. The van der Waals surface area contributed by atoms with Gasteiger partial charge in [-0.3, -0.25) is 19.4 Å². The molecular weight excluding hydrogens is 488 g/mol. The first-order valence-electron chi connectivity index (χ1n) is 13.9. The summed E-state index contributed by atoms with van der Waals surface area (Å²) in [6, 6.07) is 0. The van der Waals surface area contributed by atoms with Crippen LogP contribution in [0.4, 0.5) is 0 Å². The summed E-state index contributed by atoms with van der Waals surface area (Å²) >= 11 is 5.46. The Bertz CT molecular complexity index is 765. The Morgan fingerprint density at radius 2 is 1.24 bits per heavy atom. The Kier molecular flexibility index (Phi) is 11.4. The van der Waals surface area contributed by atoms with Crippen molar-refractivity contribution in [3.05, 3.63) is 12.4 Å². The number of amides is 2. The van der Waals surface area contributed by atoms with Gasteiger partial charge in [-0.05, 0) is 81.8 Å². The first kappa shape index (κ1) is 31.5. The molecule has 2 aliphatic rings. The van der Waals surface area contributed by atoms with Gasteiger partial charge in [0.15, 0.2) is 5.11 Å². The molecule has 8 nitrogen and oxygen atoms in total. The van der Waals surface area contributed by atoms with Gasteiger partial charge in [-0.15, -0.1) is 0 Å². The lowest BCUT2D eigenvalue weighted by Crippen LogP contribution is -2.40. The molecule has 2 amide bonds. The quantitative estimate of drug-likeness (QED) is 0.291. The molecule has 0 radical (unpaired) electrons. The summed E-state index contributed by atoms with van der Waals surface area (Å²) in [5, 5.41) is 21.7. The molecule has 2 heterocycles. The van der Waals surface area contributed by atoms with E-state index in [2.05, 4.69) is 34.3 Å². The number of nitrogens with zero attached hydrogens (tertiary/aromatic N) is 4. The number of likely N-dealkylation sites (N-methyl/N-ethyl adjacent to an activating group) is 2. The largest absolute Gasteiger partial charge is 0.393 e. The van der Waals surface area contributed by atoms with Crippen molar-refractivity contribution in [1.29, 1.82) is 0 Å². The van der Waals surface area contributed by atoms with Crippen LogP contribution in [0.15, 0.2) is 12.4 Å². The maximum Gasteiger partial charge on any atom is 0.248 e. The maximum absolute atomic E-state index is 12.4. The number of hydrogen-bond acceptors (Lipinski definition) is 6. The van der Waals surface area contributed by atoms with Crippen molar-refractivity contribution in [1.82, 2.24) is 19.6 Å². The number of rotatable bonds is 16. The number of thiocarbonyl (C=S) groups is 1. The van der Waals surface area contributed by atoms with Crippen molar-refractivity contribution >= 4 is 29.1 Å². The average molecular weight is 539 g/mol. The molecule has 2 rings (SSSR count). The SMILES string of the molecule is C=C1N(CC)CC(=O)N1CC(C)(C)CCC(O)CCCC(O)CCC(C)(C)CN1C(=O)CN(CC)C1=S. The Morgan fingerprint density at radius 1 is 0.811 bits per heavy atom. The molecule has 37 heavy (non-hydrogen) atoms. The molecule has 2 atom stereocenters. The molecule has 0 aromatic heterocycles. The fourth-order valence-electron chi connectivity index (χ4n) is 5.13. The first-order valence-corrected chi connectivity index (χ1v) is 14.3. The van der Waals surface area contributed by atoms with Crippen molar-refractivity contribution in [2.24, 2.45) is 10.8 Å². The minimum atomic E-state index is -0.426. The van der Waals surface area contributed by atoms with Gasteiger partial charge in [0.2, 0.25) is 11.8 Å². The van der Waals surface area contributed by atoms with E-state index >= 15 is 0 Å². The molecule has 212 valence electrons. The molecule has 0 aromatic rings. The van der Waals surface area contributed by atoms with Gasteiger partial charge in [-0.2, -0.15) is 0 Å². The summed E-state index contributed by atoms with van der Waals surface area (Å²) in [7, 11) is 0. The van der Waals surface area contributed by atoms with Gasteiger partial charge >= 0.3 is 0 Å². The van der Waals surface area contributed by atoms with Gasteiger partial charge < -0.3 is 20.0 Å². The highest BCUT2D eigenvalue weighted by Crippen LogP contribution is 2.30. The Hall–Kier alpha value is -1.71. The third-order valence-corrected chi connectivity index (χ3v) is 8.23. The second-order valence-electron chi connectivity index (χ2n) is 12.3. The summed E-state index contributed by atoms with van der Waals surface area (Å²) < 4.78 is 0. The Balaban J connectivity index is 1.66. The number of aliphatic hydroxyl groups excluding tert-OH is 2. The lowest BCUT2D eigenvalue weighted by molar-refractivity contribution is -0.127. The molecule has 2 fully saturated rings. The summed E-state index contributed by atoms with van der Waals surface area (Å²) in [5.41, 5.74) is -0.270. The molecule has 2 saturated heterocycles. The molecular formula is C28H50N4O4S. The van der Waals surface area contributed by atoms with Crippen molar-refractivity contribution in [3.8, 4) is 0 Å². The molecule has 0 aliphatic carbocycles. The first-order chi connectivity index (χ1) is 17.2. The zero-order valence-electron chi connectivity index (χ0n) is 24.0. The summed E-state index contributed by atoms with van der Waals surface area (Å²) in [6.45, 7) is 20.0. The Morgan fingerprint density at radius 3 is 1.68 bits per heavy atom. The highest BCUT2D eigenvalue weighted by molar-refractivity contribution is 7.80. The Labute approximate surface area is 229 Å². The minimum absolute atomic E-state index is 0.0533. The van der Waals surface area contributed by atoms with Crippen LogP contribution in [0.5, 0.6) is 0 Å². The average Bonchev–Trinajstić information content (AvgIpc) is 3.25. The summed E-state index contributed by atoms with van der Waals surface area (Å²) in [6.07, 6.45) is 4.14. The number of carbonyl (C=O) groups is 2. The van der Waals surface area contributed by atoms with Gasteiger partial charge in [0.1, 0.15) is 5.82 Å². The van der Waals surface area contributed by atoms with E-state index in [1.165, 1.54) is 0 Å². The molecule has 2 N–H and O–H groups in total. The van der Waals surface area contributed by atoms with E-state index < -0.39 is 12.2 Å². The lowest BCUT2D eigenvalue weighted by atomic mass is 9.84. The number of carbonyl (C=O) groups excluding carboxylic acids is 2. The van der Waals surface area contributed by atoms with E-state index in [1.54, 1.807) is 9.80 Å². The van der Waals surface area contributed by atoms with Crippen LogP contribution in [-0.4, -0.2) is 98.2 Å². The van der Waals surface area contributed by atoms with Gasteiger partial charge in [-0.25, -0.2) is 0 Å². The van der Waals surface area contributed by atoms with Crippen LogP contribution in [0.2, 0.25) is 0 Å². The molecule has 0 saturated carbocycles. The number of aliphatic hydroxyl groups is 2. The minimum Gasteiger partial charge on any atom is -0.393 e. The topological polar surface area (TPSA) is 87.6 Å². The van der Waals surface area contributed by atoms with E-state index in [-0.39, 0.29) is 22.6 Å². The van der Waals surface area contributed by atoms with Crippen LogP contribution < -0.4 is 0 Å².